The average molecular weight is 496 g/mol. The van der Waals surface area contributed by atoms with Gasteiger partial charge < -0.3 is 15.0 Å². The van der Waals surface area contributed by atoms with E-state index in [0.717, 1.165) is 55.5 Å². The number of ether oxygens (including phenoxy) is 1. The fraction of sp³-hybridized carbons (Fsp3) is 0.344. The van der Waals surface area contributed by atoms with Crippen molar-refractivity contribution >= 4 is 10.9 Å². The molecule has 1 aliphatic rings. The highest BCUT2D eigenvalue weighted by Crippen LogP contribution is 2.45. The molecule has 190 valence electrons. The number of rotatable bonds is 11. The van der Waals surface area contributed by atoms with Crippen LogP contribution in [-0.2, 0) is 23.4 Å². The van der Waals surface area contributed by atoms with Gasteiger partial charge in [-0.2, -0.15) is 5.26 Å². The molecule has 5 rings (SSSR count). The van der Waals surface area contributed by atoms with Crippen LogP contribution in [0.1, 0.15) is 65.5 Å². The Hall–Kier alpha value is -3.46. The normalized spacial score (nSPS) is 16.7. The van der Waals surface area contributed by atoms with Crippen molar-refractivity contribution in [2.24, 2.45) is 0 Å². The molecule has 0 aliphatic carbocycles. The van der Waals surface area contributed by atoms with Crippen LogP contribution >= 0.6 is 0 Å². The number of nitriles is 1. The second-order valence-electron chi connectivity index (χ2n) is 10.1. The van der Waals surface area contributed by atoms with Gasteiger partial charge in [-0.25, -0.2) is 4.39 Å². The van der Waals surface area contributed by atoms with Gasteiger partial charge in [0.25, 0.3) is 0 Å². The van der Waals surface area contributed by atoms with E-state index in [4.69, 9.17) is 4.74 Å². The molecule has 0 radical (unpaired) electrons. The van der Waals surface area contributed by atoms with Crippen molar-refractivity contribution in [1.29, 1.82) is 5.26 Å². The first-order chi connectivity index (χ1) is 18.1. The molecule has 1 atom stereocenters. The van der Waals surface area contributed by atoms with E-state index in [-0.39, 0.29) is 5.82 Å². The molecule has 0 bridgehead atoms. The molecule has 4 nitrogen and oxygen atoms in total. The first-order valence-electron chi connectivity index (χ1n) is 13.3. The van der Waals surface area contributed by atoms with Crippen LogP contribution in [0.2, 0.25) is 0 Å². The molecule has 0 amide bonds. The summed E-state index contributed by atoms with van der Waals surface area (Å²) in [5, 5.41) is 14.2. The third kappa shape index (κ3) is 5.46. The van der Waals surface area contributed by atoms with E-state index in [2.05, 4.69) is 47.7 Å². The molecule has 0 spiro atoms. The van der Waals surface area contributed by atoms with Gasteiger partial charge in [0.05, 0.1) is 18.2 Å². The monoisotopic (exact) mass is 495 g/mol. The molecule has 2 N–H and O–H groups in total. The van der Waals surface area contributed by atoms with Crippen LogP contribution in [0.3, 0.4) is 0 Å². The van der Waals surface area contributed by atoms with E-state index >= 15 is 0 Å². The van der Waals surface area contributed by atoms with E-state index in [1.807, 2.05) is 30.3 Å². The van der Waals surface area contributed by atoms with Crippen molar-refractivity contribution in [3.05, 3.63) is 106 Å². The Balaban J connectivity index is 1.10. The van der Waals surface area contributed by atoms with Gasteiger partial charge >= 0.3 is 0 Å². The smallest absolute Gasteiger partial charge is 0.123 e. The molecule has 1 unspecified atom stereocenters. The lowest BCUT2D eigenvalue weighted by Crippen LogP contribution is -2.29. The highest BCUT2D eigenvalue weighted by molar-refractivity contribution is 5.83. The second kappa shape index (κ2) is 11.3. The van der Waals surface area contributed by atoms with Gasteiger partial charge in [0, 0.05) is 17.1 Å². The number of aromatic amines is 1. The van der Waals surface area contributed by atoms with Crippen molar-refractivity contribution in [3.63, 3.8) is 0 Å². The maximum Gasteiger partial charge on any atom is 0.123 e. The number of unbranched alkanes of at least 4 members (excludes halogenated alkanes) is 2. The fourth-order valence-electron chi connectivity index (χ4n) is 5.59. The quantitative estimate of drug-likeness (QED) is 0.219. The molecule has 0 saturated heterocycles. The van der Waals surface area contributed by atoms with Gasteiger partial charge in [-0.05, 0) is 111 Å². The third-order valence-corrected chi connectivity index (χ3v) is 7.56. The highest BCUT2D eigenvalue weighted by atomic mass is 19.1. The Morgan fingerprint density at radius 1 is 1.00 bits per heavy atom. The Bertz CT molecular complexity index is 1400. The van der Waals surface area contributed by atoms with Gasteiger partial charge in [0.1, 0.15) is 11.4 Å². The van der Waals surface area contributed by atoms with Crippen molar-refractivity contribution in [1.82, 2.24) is 10.3 Å². The van der Waals surface area contributed by atoms with Crippen molar-refractivity contribution in [3.8, 4) is 6.07 Å². The van der Waals surface area contributed by atoms with Crippen molar-refractivity contribution in [2.75, 3.05) is 13.1 Å². The first kappa shape index (κ1) is 25.2. The number of hydrogen-bond donors (Lipinski definition) is 2. The lowest BCUT2D eigenvalue weighted by Gasteiger charge is -2.30. The number of halogens is 1. The SMILES string of the molecule is Cc1ccc2[nH]cc(CCCCCNCCCC3(c4ccc(F)cc4)OCc4cc(C#N)ccc43)c2c1. The number of aromatic nitrogens is 1. The van der Waals surface area contributed by atoms with Crippen LogP contribution < -0.4 is 5.32 Å². The zero-order chi connectivity index (χ0) is 25.7. The topological polar surface area (TPSA) is 60.8 Å². The van der Waals surface area contributed by atoms with Crippen LogP contribution in [0, 0.1) is 24.1 Å². The summed E-state index contributed by atoms with van der Waals surface area (Å²) in [5.74, 6) is -0.251. The van der Waals surface area contributed by atoms with Gasteiger partial charge in [0.2, 0.25) is 0 Å². The predicted octanol–water partition coefficient (Wildman–Crippen LogP) is 7.04. The molecule has 0 saturated carbocycles. The summed E-state index contributed by atoms with van der Waals surface area (Å²) in [6.45, 7) is 4.51. The zero-order valence-electron chi connectivity index (χ0n) is 21.4. The number of H-pyrrole nitrogens is 1. The minimum Gasteiger partial charge on any atom is -0.361 e. The molecule has 1 aliphatic heterocycles. The molecular formula is C32H34FN3O. The summed E-state index contributed by atoms with van der Waals surface area (Å²) in [6.07, 6.45) is 8.53. The summed E-state index contributed by atoms with van der Waals surface area (Å²) in [7, 11) is 0. The Labute approximate surface area is 218 Å². The number of nitrogens with zero attached hydrogens (tertiary/aromatic N) is 1. The van der Waals surface area contributed by atoms with Crippen LogP contribution in [-0.4, -0.2) is 18.1 Å². The number of aryl methyl sites for hydroxylation is 2. The molecule has 4 aromatic rings. The van der Waals surface area contributed by atoms with Crippen molar-refractivity contribution < 1.29 is 9.13 Å². The second-order valence-corrected chi connectivity index (χ2v) is 10.1. The number of fused-ring (bicyclic) bond motifs is 2. The molecule has 0 fully saturated rings. The van der Waals surface area contributed by atoms with Gasteiger partial charge in [-0.15, -0.1) is 0 Å². The lowest BCUT2D eigenvalue weighted by molar-refractivity contribution is -0.0129. The maximum absolute atomic E-state index is 13.6. The summed E-state index contributed by atoms with van der Waals surface area (Å²) in [6, 6.07) is 21.2. The fourth-order valence-corrected chi connectivity index (χ4v) is 5.59. The largest absolute Gasteiger partial charge is 0.361 e. The van der Waals surface area contributed by atoms with Gasteiger partial charge in [-0.3, -0.25) is 0 Å². The van der Waals surface area contributed by atoms with Crippen LogP contribution in [0.15, 0.2) is 66.9 Å². The van der Waals surface area contributed by atoms with Crippen molar-refractivity contribution in [2.45, 2.75) is 57.7 Å². The molecule has 37 heavy (non-hydrogen) atoms. The number of benzene rings is 3. The molecule has 3 aromatic carbocycles. The molecule has 1 aromatic heterocycles. The van der Waals surface area contributed by atoms with E-state index in [1.54, 1.807) is 0 Å². The minimum absolute atomic E-state index is 0.251. The predicted molar refractivity (Wildman–Crippen MR) is 146 cm³/mol. The van der Waals surface area contributed by atoms with E-state index < -0.39 is 5.60 Å². The first-order valence-corrected chi connectivity index (χ1v) is 13.3. The Morgan fingerprint density at radius 3 is 2.68 bits per heavy atom. The van der Waals surface area contributed by atoms with E-state index in [1.165, 1.54) is 47.0 Å². The van der Waals surface area contributed by atoms with E-state index in [0.29, 0.717) is 12.2 Å². The zero-order valence-corrected chi connectivity index (χ0v) is 21.4. The average Bonchev–Trinajstić information content (AvgIpc) is 3.49. The molecule has 5 heteroatoms. The van der Waals surface area contributed by atoms with Crippen LogP contribution in [0.5, 0.6) is 0 Å². The molecule has 2 heterocycles. The van der Waals surface area contributed by atoms with Gasteiger partial charge in [-0.1, -0.05) is 36.2 Å². The number of nitrogens with one attached hydrogen (secondary N) is 2. The summed E-state index contributed by atoms with van der Waals surface area (Å²) >= 11 is 0. The summed E-state index contributed by atoms with van der Waals surface area (Å²) in [5.41, 5.74) is 7.07. The summed E-state index contributed by atoms with van der Waals surface area (Å²) in [4.78, 5) is 3.39. The Morgan fingerprint density at radius 2 is 1.84 bits per heavy atom. The molecular weight excluding hydrogens is 461 g/mol. The highest BCUT2D eigenvalue weighted by Gasteiger charge is 2.41. The number of hydrogen-bond acceptors (Lipinski definition) is 3. The van der Waals surface area contributed by atoms with Crippen LogP contribution in [0.4, 0.5) is 4.39 Å². The maximum atomic E-state index is 13.6. The van der Waals surface area contributed by atoms with E-state index in [9.17, 15) is 9.65 Å². The minimum atomic E-state index is -0.601. The van der Waals surface area contributed by atoms with Gasteiger partial charge in [0.15, 0.2) is 0 Å². The van der Waals surface area contributed by atoms with Crippen LogP contribution in [0.25, 0.3) is 10.9 Å². The Kier molecular flexibility index (Phi) is 7.69. The summed E-state index contributed by atoms with van der Waals surface area (Å²) < 4.78 is 20.1. The third-order valence-electron chi connectivity index (χ3n) is 7.56. The lowest BCUT2D eigenvalue weighted by atomic mass is 9.81. The standard InChI is InChI=1S/C32H34FN3O/c1-23-7-14-31-29(18-23)25(21-36-31)6-3-2-4-16-35-17-5-15-32(27-9-11-28(33)12-10-27)30-13-8-24(20-34)19-26(30)22-37-32/h7-14,18-19,21,35-36H,2-6,15-17,22H2,1H3.